The van der Waals surface area contributed by atoms with E-state index in [1.165, 1.54) is 6.07 Å². The summed E-state index contributed by atoms with van der Waals surface area (Å²) in [5.74, 6) is -0.728. The van der Waals surface area contributed by atoms with Gasteiger partial charge in [0.05, 0.1) is 5.92 Å². The summed E-state index contributed by atoms with van der Waals surface area (Å²) in [6.45, 7) is 6.77. The number of benzene rings is 1. The molecular formula is C23H29FN4O2. The molecule has 1 aromatic carbocycles. The molecule has 30 heavy (non-hydrogen) atoms. The standard InChI is InChI=1S/C23H29FN4O2/c1-15(2)27-23(30)28-13-19(18-6-7-21(24)16(3)9-18)10-20(14-28)22(29)26-12-17-5-4-8-25-11-17/h4-9,11,15,19-20H,10,12-14H2,1-3H3,(H,26,29)(H,27,30)/t19-,20-/m0/s1. The average Bonchev–Trinajstić information content (AvgIpc) is 2.74. The summed E-state index contributed by atoms with van der Waals surface area (Å²) in [7, 11) is 0. The number of urea groups is 1. The molecule has 3 rings (SSSR count). The molecule has 1 aromatic heterocycles. The normalized spacial score (nSPS) is 18.9. The zero-order valence-electron chi connectivity index (χ0n) is 17.7. The molecular weight excluding hydrogens is 383 g/mol. The third-order valence-corrected chi connectivity index (χ3v) is 5.36. The van der Waals surface area contributed by atoms with Crippen molar-refractivity contribution in [3.63, 3.8) is 0 Å². The fourth-order valence-corrected chi connectivity index (χ4v) is 3.79. The SMILES string of the molecule is Cc1cc([C@H]2C[C@H](C(=O)NCc3cccnc3)CN(C(=O)NC(C)C)C2)ccc1F. The molecule has 0 bridgehead atoms. The Balaban J connectivity index is 1.75. The molecule has 0 spiro atoms. The molecule has 2 aromatic rings. The topological polar surface area (TPSA) is 74.3 Å². The Morgan fingerprint density at radius 1 is 1.27 bits per heavy atom. The zero-order chi connectivity index (χ0) is 21.7. The highest BCUT2D eigenvalue weighted by Gasteiger charge is 2.34. The monoisotopic (exact) mass is 412 g/mol. The number of carbonyl (C=O) groups is 2. The minimum Gasteiger partial charge on any atom is -0.352 e. The second-order valence-electron chi connectivity index (χ2n) is 8.23. The van der Waals surface area contributed by atoms with Crippen molar-refractivity contribution in [3.05, 3.63) is 65.2 Å². The van der Waals surface area contributed by atoms with Crippen LogP contribution in [0.5, 0.6) is 0 Å². The van der Waals surface area contributed by atoms with Gasteiger partial charge in [-0.2, -0.15) is 0 Å². The van der Waals surface area contributed by atoms with Crippen molar-refractivity contribution < 1.29 is 14.0 Å². The van der Waals surface area contributed by atoms with E-state index >= 15 is 0 Å². The lowest BCUT2D eigenvalue weighted by Crippen LogP contribution is -2.52. The highest BCUT2D eigenvalue weighted by atomic mass is 19.1. The summed E-state index contributed by atoms with van der Waals surface area (Å²) < 4.78 is 13.7. The second kappa shape index (κ2) is 9.69. The van der Waals surface area contributed by atoms with Gasteiger partial charge in [0.15, 0.2) is 0 Å². The fraction of sp³-hybridized carbons (Fsp3) is 0.435. The van der Waals surface area contributed by atoms with E-state index in [4.69, 9.17) is 0 Å². The van der Waals surface area contributed by atoms with E-state index in [1.807, 2.05) is 32.0 Å². The Morgan fingerprint density at radius 2 is 2.07 bits per heavy atom. The minimum atomic E-state index is -0.344. The first kappa shape index (κ1) is 21.7. The number of pyridine rings is 1. The number of likely N-dealkylation sites (tertiary alicyclic amines) is 1. The summed E-state index contributed by atoms with van der Waals surface area (Å²) >= 11 is 0. The van der Waals surface area contributed by atoms with Gasteiger partial charge in [0, 0.05) is 44.0 Å². The zero-order valence-corrected chi connectivity index (χ0v) is 17.7. The van der Waals surface area contributed by atoms with Crippen LogP contribution >= 0.6 is 0 Å². The maximum atomic E-state index is 13.7. The van der Waals surface area contributed by atoms with E-state index in [0.717, 1.165) is 11.1 Å². The number of hydrogen-bond donors (Lipinski definition) is 2. The molecule has 2 atom stereocenters. The van der Waals surface area contributed by atoms with Crippen LogP contribution < -0.4 is 10.6 Å². The van der Waals surface area contributed by atoms with Crippen molar-refractivity contribution in [1.82, 2.24) is 20.5 Å². The van der Waals surface area contributed by atoms with Crippen molar-refractivity contribution >= 4 is 11.9 Å². The van der Waals surface area contributed by atoms with E-state index < -0.39 is 0 Å². The smallest absolute Gasteiger partial charge is 0.317 e. The first-order chi connectivity index (χ1) is 14.3. The number of halogens is 1. The average molecular weight is 413 g/mol. The molecule has 160 valence electrons. The third-order valence-electron chi connectivity index (χ3n) is 5.36. The lowest BCUT2D eigenvalue weighted by atomic mass is 9.83. The van der Waals surface area contributed by atoms with E-state index in [2.05, 4.69) is 15.6 Å². The highest BCUT2D eigenvalue weighted by molar-refractivity contribution is 5.81. The van der Waals surface area contributed by atoms with Gasteiger partial charge in [-0.25, -0.2) is 9.18 Å². The van der Waals surface area contributed by atoms with Gasteiger partial charge in [-0.3, -0.25) is 9.78 Å². The van der Waals surface area contributed by atoms with Gasteiger partial charge in [0.2, 0.25) is 5.91 Å². The van der Waals surface area contributed by atoms with Crippen molar-refractivity contribution in [1.29, 1.82) is 0 Å². The maximum absolute atomic E-state index is 13.7. The number of piperidine rings is 1. The Kier molecular flexibility index (Phi) is 7.03. The number of amides is 3. The molecule has 1 aliphatic rings. The number of nitrogens with one attached hydrogen (secondary N) is 2. The Labute approximate surface area is 176 Å². The highest BCUT2D eigenvalue weighted by Crippen LogP contribution is 2.31. The Bertz CT molecular complexity index is 888. The van der Waals surface area contributed by atoms with Crippen LogP contribution in [-0.2, 0) is 11.3 Å². The van der Waals surface area contributed by atoms with Crippen LogP contribution in [0.2, 0.25) is 0 Å². The maximum Gasteiger partial charge on any atom is 0.317 e. The largest absolute Gasteiger partial charge is 0.352 e. The summed E-state index contributed by atoms with van der Waals surface area (Å²) in [5, 5.41) is 5.87. The predicted molar refractivity (Wildman–Crippen MR) is 113 cm³/mol. The molecule has 0 radical (unpaired) electrons. The van der Waals surface area contributed by atoms with Crippen LogP contribution in [-0.4, -0.2) is 41.0 Å². The van der Waals surface area contributed by atoms with Gasteiger partial charge < -0.3 is 15.5 Å². The Morgan fingerprint density at radius 3 is 2.73 bits per heavy atom. The van der Waals surface area contributed by atoms with Gasteiger partial charge in [0.1, 0.15) is 5.82 Å². The molecule has 1 aliphatic heterocycles. The van der Waals surface area contributed by atoms with Crippen molar-refractivity contribution in [2.75, 3.05) is 13.1 Å². The van der Waals surface area contributed by atoms with Crippen molar-refractivity contribution in [3.8, 4) is 0 Å². The second-order valence-corrected chi connectivity index (χ2v) is 8.23. The lowest BCUT2D eigenvalue weighted by molar-refractivity contribution is -0.126. The van der Waals surface area contributed by atoms with Crippen LogP contribution in [0.4, 0.5) is 9.18 Å². The quantitative estimate of drug-likeness (QED) is 0.791. The molecule has 0 aliphatic carbocycles. The van der Waals surface area contributed by atoms with Gasteiger partial charge in [-0.15, -0.1) is 0 Å². The number of hydrogen-bond acceptors (Lipinski definition) is 3. The van der Waals surface area contributed by atoms with Gasteiger partial charge in [0.25, 0.3) is 0 Å². The number of aryl methyl sites for hydroxylation is 1. The number of rotatable bonds is 5. The first-order valence-electron chi connectivity index (χ1n) is 10.3. The van der Waals surface area contributed by atoms with Crippen molar-refractivity contribution in [2.45, 2.75) is 45.7 Å². The predicted octanol–water partition coefficient (Wildman–Crippen LogP) is 3.37. The fourth-order valence-electron chi connectivity index (χ4n) is 3.79. The summed E-state index contributed by atoms with van der Waals surface area (Å²) in [5.41, 5.74) is 2.43. The molecule has 6 nitrogen and oxygen atoms in total. The number of aromatic nitrogens is 1. The first-order valence-corrected chi connectivity index (χ1v) is 10.3. The molecule has 1 fully saturated rings. The summed E-state index contributed by atoms with van der Waals surface area (Å²) in [6.07, 6.45) is 4.01. The molecule has 0 unspecified atom stereocenters. The van der Waals surface area contributed by atoms with Crippen LogP contribution in [0.15, 0.2) is 42.7 Å². The lowest BCUT2D eigenvalue weighted by Gasteiger charge is -2.38. The molecule has 7 heteroatoms. The molecule has 2 heterocycles. The number of nitrogens with zero attached hydrogens (tertiary/aromatic N) is 2. The minimum absolute atomic E-state index is 0.00352. The van der Waals surface area contributed by atoms with Crippen LogP contribution in [0.25, 0.3) is 0 Å². The molecule has 1 saturated heterocycles. The van der Waals surface area contributed by atoms with Crippen LogP contribution in [0, 0.1) is 18.7 Å². The Hall–Kier alpha value is -2.96. The molecule has 0 saturated carbocycles. The van der Waals surface area contributed by atoms with Crippen LogP contribution in [0.3, 0.4) is 0 Å². The van der Waals surface area contributed by atoms with Crippen molar-refractivity contribution in [2.24, 2.45) is 5.92 Å². The molecule has 3 amide bonds. The third kappa shape index (κ3) is 5.55. The van der Waals surface area contributed by atoms with E-state index in [1.54, 1.807) is 30.3 Å². The number of carbonyl (C=O) groups excluding carboxylic acids is 2. The van der Waals surface area contributed by atoms with Gasteiger partial charge in [-0.05, 0) is 56.0 Å². The van der Waals surface area contributed by atoms with E-state index in [-0.39, 0.29) is 35.6 Å². The van der Waals surface area contributed by atoms with E-state index in [0.29, 0.717) is 31.6 Å². The van der Waals surface area contributed by atoms with Gasteiger partial charge in [-0.1, -0.05) is 18.2 Å². The summed E-state index contributed by atoms with van der Waals surface area (Å²) in [6, 6.07) is 8.57. The van der Waals surface area contributed by atoms with E-state index in [9.17, 15) is 14.0 Å². The summed E-state index contributed by atoms with van der Waals surface area (Å²) in [4.78, 5) is 31.3. The van der Waals surface area contributed by atoms with Gasteiger partial charge >= 0.3 is 6.03 Å². The molecule has 2 N–H and O–H groups in total. The van der Waals surface area contributed by atoms with Crippen LogP contribution in [0.1, 0.15) is 42.9 Å².